The molecule has 0 aliphatic carbocycles. The number of aromatic nitrogens is 1. The van der Waals surface area contributed by atoms with Crippen LogP contribution in [0.2, 0.25) is 0 Å². The summed E-state index contributed by atoms with van der Waals surface area (Å²) in [4.78, 5) is 4.23. The Hall–Kier alpha value is -1.13. The zero-order valence-electron chi connectivity index (χ0n) is 8.49. The fourth-order valence-corrected chi connectivity index (χ4v) is 1.06. The molecule has 0 spiro atoms. The van der Waals surface area contributed by atoms with Gasteiger partial charge in [-0.15, -0.1) is 0 Å². The number of hydrazine groups is 1. The lowest BCUT2D eigenvalue weighted by atomic mass is 10.3. The Morgan fingerprint density at radius 2 is 2.36 bits per heavy atom. The van der Waals surface area contributed by atoms with E-state index in [0.29, 0.717) is 12.4 Å². The molecule has 0 atom stereocenters. The second-order valence-corrected chi connectivity index (χ2v) is 3.06. The average Bonchev–Trinajstić information content (AvgIpc) is 2.25. The van der Waals surface area contributed by atoms with E-state index in [0.717, 1.165) is 25.1 Å². The topological polar surface area (TPSA) is 60.2 Å². The highest BCUT2D eigenvalue weighted by atomic mass is 16.5. The Morgan fingerprint density at radius 1 is 1.50 bits per heavy atom. The van der Waals surface area contributed by atoms with Crippen LogP contribution in [-0.4, -0.2) is 11.6 Å². The molecule has 1 aromatic rings. The van der Waals surface area contributed by atoms with E-state index < -0.39 is 0 Å². The van der Waals surface area contributed by atoms with Crippen LogP contribution in [0, 0.1) is 0 Å². The van der Waals surface area contributed by atoms with Gasteiger partial charge in [0.25, 0.3) is 0 Å². The van der Waals surface area contributed by atoms with Crippen molar-refractivity contribution in [2.24, 2.45) is 5.84 Å². The van der Waals surface area contributed by atoms with E-state index in [-0.39, 0.29) is 0 Å². The quantitative estimate of drug-likeness (QED) is 0.412. The summed E-state index contributed by atoms with van der Waals surface area (Å²) in [5.41, 5.74) is 3.40. The standard InChI is InChI=1S/C10H17N3O/c1-2-3-7-14-8-9-5-4-6-10(12-9)13-11/h4-6H,2-3,7-8,11H2,1H3,(H,12,13). The monoisotopic (exact) mass is 195 g/mol. The molecule has 0 unspecified atom stereocenters. The third-order valence-corrected chi connectivity index (χ3v) is 1.85. The van der Waals surface area contributed by atoms with Gasteiger partial charge < -0.3 is 10.2 Å². The van der Waals surface area contributed by atoms with Crippen LogP contribution in [0.15, 0.2) is 18.2 Å². The van der Waals surface area contributed by atoms with Crippen LogP contribution in [0.3, 0.4) is 0 Å². The van der Waals surface area contributed by atoms with E-state index in [1.165, 1.54) is 0 Å². The lowest BCUT2D eigenvalue weighted by molar-refractivity contribution is 0.115. The van der Waals surface area contributed by atoms with Gasteiger partial charge in [-0.2, -0.15) is 0 Å². The maximum atomic E-state index is 5.43. The maximum Gasteiger partial charge on any atom is 0.140 e. The van der Waals surface area contributed by atoms with Gasteiger partial charge in [-0.05, 0) is 18.6 Å². The number of nitrogens with one attached hydrogen (secondary N) is 1. The Labute approximate surface area is 84.4 Å². The molecule has 0 saturated heterocycles. The third kappa shape index (κ3) is 3.72. The lowest BCUT2D eigenvalue weighted by Crippen LogP contribution is -2.09. The first-order valence-corrected chi connectivity index (χ1v) is 4.87. The average molecular weight is 195 g/mol. The zero-order chi connectivity index (χ0) is 10.2. The number of anilines is 1. The first-order valence-electron chi connectivity index (χ1n) is 4.87. The van der Waals surface area contributed by atoms with Gasteiger partial charge in [0.15, 0.2) is 0 Å². The largest absolute Gasteiger partial charge is 0.375 e. The second kappa shape index (κ2) is 6.34. The van der Waals surface area contributed by atoms with Crippen molar-refractivity contribution in [1.82, 2.24) is 4.98 Å². The minimum atomic E-state index is 0.551. The predicted molar refractivity (Wildman–Crippen MR) is 56.6 cm³/mol. The van der Waals surface area contributed by atoms with Crippen LogP contribution in [0.4, 0.5) is 5.82 Å². The normalized spacial score (nSPS) is 10.1. The fourth-order valence-electron chi connectivity index (χ4n) is 1.06. The molecule has 1 aromatic heterocycles. The number of nitrogens with zero attached hydrogens (tertiary/aromatic N) is 1. The number of hydrogen-bond acceptors (Lipinski definition) is 4. The molecule has 4 nitrogen and oxygen atoms in total. The van der Waals surface area contributed by atoms with Crippen molar-refractivity contribution in [3.63, 3.8) is 0 Å². The van der Waals surface area contributed by atoms with Gasteiger partial charge >= 0.3 is 0 Å². The van der Waals surface area contributed by atoms with Gasteiger partial charge in [0.2, 0.25) is 0 Å². The number of rotatable bonds is 6. The van der Waals surface area contributed by atoms with Crippen molar-refractivity contribution in [2.45, 2.75) is 26.4 Å². The Balaban J connectivity index is 2.34. The molecule has 0 aliphatic rings. The molecule has 3 N–H and O–H groups in total. The summed E-state index contributed by atoms with van der Waals surface area (Å²) in [6.07, 6.45) is 2.24. The van der Waals surface area contributed by atoms with Gasteiger partial charge in [-0.3, -0.25) is 0 Å². The molecule has 1 heterocycles. The number of unbranched alkanes of at least 4 members (excludes halogenated alkanes) is 1. The third-order valence-electron chi connectivity index (χ3n) is 1.85. The number of nitrogen functional groups attached to an aromatic ring is 1. The van der Waals surface area contributed by atoms with Crippen molar-refractivity contribution >= 4 is 5.82 Å². The molecule has 0 bridgehead atoms. The zero-order valence-corrected chi connectivity index (χ0v) is 8.49. The highest BCUT2D eigenvalue weighted by molar-refractivity contribution is 5.33. The van der Waals surface area contributed by atoms with Crippen LogP contribution in [0.25, 0.3) is 0 Å². The highest BCUT2D eigenvalue weighted by Gasteiger charge is 1.96. The number of pyridine rings is 1. The molecule has 1 rings (SSSR count). The van der Waals surface area contributed by atoms with E-state index in [1.54, 1.807) is 0 Å². The van der Waals surface area contributed by atoms with Crippen molar-refractivity contribution in [3.8, 4) is 0 Å². The van der Waals surface area contributed by atoms with E-state index in [4.69, 9.17) is 10.6 Å². The fraction of sp³-hybridized carbons (Fsp3) is 0.500. The van der Waals surface area contributed by atoms with E-state index in [9.17, 15) is 0 Å². The number of hydrogen-bond donors (Lipinski definition) is 2. The molecule has 0 saturated carbocycles. The van der Waals surface area contributed by atoms with Crippen LogP contribution in [-0.2, 0) is 11.3 Å². The maximum absolute atomic E-state index is 5.43. The van der Waals surface area contributed by atoms with Crippen molar-refractivity contribution in [2.75, 3.05) is 12.0 Å². The van der Waals surface area contributed by atoms with Gasteiger partial charge in [0.1, 0.15) is 5.82 Å². The SMILES string of the molecule is CCCCOCc1cccc(NN)n1. The molecule has 0 radical (unpaired) electrons. The van der Waals surface area contributed by atoms with E-state index >= 15 is 0 Å². The van der Waals surface area contributed by atoms with Crippen molar-refractivity contribution in [3.05, 3.63) is 23.9 Å². The van der Waals surface area contributed by atoms with E-state index in [2.05, 4.69) is 17.3 Å². The predicted octanol–water partition coefficient (Wildman–Crippen LogP) is 1.68. The van der Waals surface area contributed by atoms with Gasteiger partial charge in [-0.1, -0.05) is 19.4 Å². The molecule has 14 heavy (non-hydrogen) atoms. The van der Waals surface area contributed by atoms with E-state index in [1.807, 2.05) is 18.2 Å². The first kappa shape index (κ1) is 10.9. The van der Waals surface area contributed by atoms with Crippen LogP contribution >= 0.6 is 0 Å². The molecular weight excluding hydrogens is 178 g/mol. The van der Waals surface area contributed by atoms with Gasteiger partial charge in [0.05, 0.1) is 12.3 Å². The summed E-state index contributed by atoms with van der Waals surface area (Å²) >= 11 is 0. The smallest absolute Gasteiger partial charge is 0.140 e. The molecule has 78 valence electrons. The van der Waals surface area contributed by atoms with Crippen LogP contribution < -0.4 is 11.3 Å². The minimum Gasteiger partial charge on any atom is -0.375 e. The summed E-state index contributed by atoms with van der Waals surface area (Å²) in [6.45, 7) is 3.48. The molecule has 0 amide bonds. The molecular formula is C10H17N3O. The van der Waals surface area contributed by atoms with Gasteiger partial charge in [0, 0.05) is 6.61 Å². The van der Waals surface area contributed by atoms with Crippen molar-refractivity contribution in [1.29, 1.82) is 0 Å². The summed E-state index contributed by atoms with van der Waals surface area (Å²) in [5.74, 6) is 5.91. The minimum absolute atomic E-state index is 0.551. The van der Waals surface area contributed by atoms with Crippen LogP contribution in [0.1, 0.15) is 25.5 Å². The Morgan fingerprint density at radius 3 is 3.07 bits per heavy atom. The van der Waals surface area contributed by atoms with Gasteiger partial charge in [-0.25, -0.2) is 10.8 Å². The first-order chi connectivity index (χ1) is 6.86. The summed E-state index contributed by atoms with van der Waals surface area (Å²) in [6, 6.07) is 5.64. The Bertz CT molecular complexity index is 265. The second-order valence-electron chi connectivity index (χ2n) is 3.06. The number of nitrogens with two attached hydrogens (primary N) is 1. The van der Waals surface area contributed by atoms with Crippen molar-refractivity contribution < 1.29 is 4.74 Å². The molecule has 0 aliphatic heterocycles. The molecule has 4 heteroatoms. The Kier molecular flexibility index (Phi) is 4.96. The summed E-state index contributed by atoms with van der Waals surface area (Å²) < 4.78 is 5.43. The summed E-state index contributed by atoms with van der Waals surface area (Å²) in [7, 11) is 0. The highest BCUT2D eigenvalue weighted by Crippen LogP contribution is 2.04. The van der Waals surface area contributed by atoms with Crippen LogP contribution in [0.5, 0.6) is 0 Å². The molecule has 0 aromatic carbocycles. The molecule has 0 fully saturated rings. The number of ether oxygens (including phenoxy) is 1. The summed E-state index contributed by atoms with van der Waals surface area (Å²) in [5, 5.41) is 0. The lowest BCUT2D eigenvalue weighted by Gasteiger charge is -2.04.